The lowest BCUT2D eigenvalue weighted by molar-refractivity contribution is 0.00951. The summed E-state index contributed by atoms with van der Waals surface area (Å²) in [6.07, 6.45) is 2.68. The lowest BCUT2D eigenvalue weighted by Crippen LogP contribution is -2.48. The van der Waals surface area contributed by atoms with Crippen LogP contribution in [0.3, 0.4) is 0 Å². The van der Waals surface area contributed by atoms with Gasteiger partial charge in [0.05, 0.1) is 29.7 Å². The third kappa shape index (κ3) is 6.78. The highest BCUT2D eigenvalue weighted by atomic mass is 16.6. The van der Waals surface area contributed by atoms with Crippen LogP contribution in [0.4, 0.5) is 10.5 Å². The van der Waals surface area contributed by atoms with Crippen molar-refractivity contribution in [1.29, 1.82) is 0 Å². The lowest BCUT2D eigenvalue weighted by Gasteiger charge is -2.35. The van der Waals surface area contributed by atoms with E-state index in [0.29, 0.717) is 11.4 Å². The van der Waals surface area contributed by atoms with Crippen molar-refractivity contribution in [3.05, 3.63) is 94.6 Å². The minimum Gasteiger partial charge on any atom is -0.444 e. The minimum atomic E-state index is -0.692. The standard InChI is InChI=1S/C35H42N8O4/c1-24-21-42-30(22-41(24)34(46)47-35(2,3)4)31(32(44)37-20-25-8-6-7-9-28(25)29-14-15-36-23-38-29)43(33(42)45)27-12-10-26(11-13-27)40-18-16-39(5)17-19-40/h6-15,23-24H,16-22H2,1-5H3,(H,37,44). The number of piperazine rings is 1. The van der Waals surface area contributed by atoms with E-state index in [4.69, 9.17) is 4.74 Å². The number of imidazole rings is 1. The second kappa shape index (κ2) is 13.0. The predicted molar refractivity (Wildman–Crippen MR) is 180 cm³/mol. The van der Waals surface area contributed by atoms with Gasteiger partial charge < -0.3 is 19.9 Å². The number of likely N-dealkylation sites (N-methyl/N-ethyl adjacent to an activating group) is 1. The van der Waals surface area contributed by atoms with E-state index in [1.807, 2.05) is 82.3 Å². The average Bonchev–Trinajstić information content (AvgIpc) is 3.34. The number of ether oxygens (including phenoxy) is 1. The molecule has 0 bridgehead atoms. The average molecular weight is 639 g/mol. The number of nitrogens with one attached hydrogen (secondary N) is 1. The number of fused-ring (bicyclic) bond motifs is 1. The second-order valence-electron chi connectivity index (χ2n) is 13.2. The number of hydrogen-bond acceptors (Lipinski definition) is 8. The summed E-state index contributed by atoms with van der Waals surface area (Å²) in [4.78, 5) is 56.2. The molecule has 0 radical (unpaired) electrons. The molecule has 0 spiro atoms. The monoisotopic (exact) mass is 638 g/mol. The van der Waals surface area contributed by atoms with Gasteiger partial charge >= 0.3 is 11.8 Å². The molecule has 47 heavy (non-hydrogen) atoms. The Morgan fingerprint density at radius 3 is 2.36 bits per heavy atom. The molecule has 12 heteroatoms. The number of benzene rings is 2. The van der Waals surface area contributed by atoms with Crippen LogP contribution in [-0.4, -0.2) is 85.8 Å². The van der Waals surface area contributed by atoms with Crippen LogP contribution < -0.4 is 15.9 Å². The summed E-state index contributed by atoms with van der Waals surface area (Å²) in [6, 6.07) is 17.0. The molecule has 2 aliphatic heterocycles. The van der Waals surface area contributed by atoms with Crippen molar-refractivity contribution in [3.8, 4) is 16.9 Å². The molecule has 2 aliphatic rings. The molecular formula is C35H42N8O4. The Morgan fingerprint density at radius 1 is 0.979 bits per heavy atom. The van der Waals surface area contributed by atoms with Gasteiger partial charge in [0, 0.05) is 56.7 Å². The van der Waals surface area contributed by atoms with Gasteiger partial charge in [-0.15, -0.1) is 0 Å². The molecule has 4 heterocycles. The van der Waals surface area contributed by atoms with Gasteiger partial charge in [0.2, 0.25) is 0 Å². The molecule has 1 fully saturated rings. The SMILES string of the molecule is CC1Cn2c(c(C(=O)NCc3ccccc3-c3ccncn3)n(-c3ccc(N4CCN(C)CC4)cc3)c2=O)CN1C(=O)OC(C)(C)C. The Kier molecular flexibility index (Phi) is 8.87. The number of hydrogen-bond donors (Lipinski definition) is 1. The fraction of sp³-hybridized carbons (Fsp3) is 0.400. The van der Waals surface area contributed by atoms with Gasteiger partial charge in [-0.05, 0) is 70.6 Å². The van der Waals surface area contributed by atoms with E-state index in [9.17, 15) is 14.4 Å². The van der Waals surface area contributed by atoms with Gasteiger partial charge in [0.25, 0.3) is 5.91 Å². The van der Waals surface area contributed by atoms with Gasteiger partial charge in [0.1, 0.15) is 17.6 Å². The molecular weight excluding hydrogens is 596 g/mol. The van der Waals surface area contributed by atoms with Crippen LogP contribution in [0.15, 0.2) is 71.9 Å². The van der Waals surface area contributed by atoms with E-state index in [0.717, 1.165) is 48.7 Å². The number of nitrogens with zero attached hydrogens (tertiary/aromatic N) is 7. The first kappa shape index (κ1) is 32.0. The molecule has 2 amide bonds. The molecule has 1 N–H and O–H groups in total. The van der Waals surface area contributed by atoms with Crippen LogP contribution in [0.1, 0.15) is 49.4 Å². The number of anilines is 1. The minimum absolute atomic E-state index is 0.0535. The maximum absolute atomic E-state index is 14.2. The zero-order valence-electron chi connectivity index (χ0n) is 27.6. The Hall–Kier alpha value is -4.97. The molecule has 0 aliphatic carbocycles. The third-order valence-electron chi connectivity index (χ3n) is 8.68. The molecule has 12 nitrogen and oxygen atoms in total. The number of aromatic nitrogens is 4. The summed E-state index contributed by atoms with van der Waals surface area (Å²) < 4.78 is 8.78. The summed E-state index contributed by atoms with van der Waals surface area (Å²) in [5.41, 5.74) is 3.76. The fourth-order valence-corrected chi connectivity index (χ4v) is 6.17. The Balaban J connectivity index is 1.36. The predicted octanol–water partition coefficient (Wildman–Crippen LogP) is 3.92. The van der Waals surface area contributed by atoms with Crippen LogP contribution in [0.25, 0.3) is 16.9 Å². The number of carbonyl (C=O) groups is 2. The van der Waals surface area contributed by atoms with E-state index in [-0.39, 0.29) is 37.1 Å². The van der Waals surface area contributed by atoms with Crippen molar-refractivity contribution in [1.82, 2.24) is 34.2 Å². The summed E-state index contributed by atoms with van der Waals surface area (Å²) in [6.45, 7) is 11.6. The molecule has 1 atom stereocenters. The van der Waals surface area contributed by atoms with E-state index < -0.39 is 17.6 Å². The van der Waals surface area contributed by atoms with Crippen molar-refractivity contribution in [3.63, 3.8) is 0 Å². The molecule has 6 rings (SSSR count). The van der Waals surface area contributed by atoms with Gasteiger partial charge in [-0.1, -0.05) is 24.3 Å². The number of amides is 2. The van der Waals surface area contributed by atoms with E-state index in [2.05, 4.69) is 32.1 Å². The van der Waals surface area contributed by atoms with Crippen molar-refractivity contribution < 1.29 is 14.3 Å². The molecule has 246 valence electrons. The first-order chi connectivity index (χ1) is 22.5. The maximum atomic E-state index is 14.2. The topological polar surface area (TPSA) is 118 Å². The van der Waals surface area contributed by atoms with Crippen molar-refractivity contribution in [2.45, 2.75) is 59.0 Å². The van der Waals surface area contributed by atoms with Gasteiger partial charge in [-0.3, -0.25) is 18.8 Å². The molecule has 1 unspecified atom stereocenters. The largest absolute Gasteiger partial charge is 0.444 e. The summed E-state index contributed by atoms with van der Waals surface area (Å²) in [7, 11) is 2.12. The van der Waals surface area contributed by atoms with Crippen LogP contribution in [0.5, 0.6) is 0 Å². The smallest absolute Gasteiger partial charge is 0.410 e. The highest BCUT2D eigenvalue weighted by molar-refractivity contribution is 5.94. The van der Waals surface area contributed by atoms with E-state index in [1.165, 1.54) is 10.9 Å². The summed E-state index contributed by atoms with van der Waals surface area (Å²) in [5, 5.41) is 3.06. The first-order valence-corrected chi connectivity index (χ1v) is 16.0. The zero-order valence-corrected chi connectivity index (χ0v) is 27.6. The van der Waals surface area contributed by atoms with Gasteiger partial charge in [0.15, 0.2) is 0 Å². The van der Waals surface area contributed by atoms with Gasteiger partial charge in [-0.25, -0.2) is 19.6 Å². The normalized spacial score (nSPS) is 16.9. The second-order valence-corrected chi connectivity index (χ2v) is 13.2. The van der Waals surface area contributed by atoms with Crippen LogP contribution in [-0.2, 0) is 24.4 Å². The Morgan fingerprint density at radius 2 is 1.68 bits per heavy atom. The van der Waals surface area contributed by atoms with Crippen molar-refractivity contribution in [2.75, 3.05) is 38.1 Å². The molecule has 1 saturated heterocycles. The maximum Gasteiger partial charge on any atom is 0.410 e. The molecule has 2 aromatic heterocycles. The van der Waals surface area contributed by atoms with Gasteiger partial charge in [-0.2, -0.15) is 0 Å². The quantitative estimate of drug-likeness (QED) is 0.338. The fourth-order valence-electron chi connectivity index (χ4n) is 6.17. The Bertz CT molecular complexity index is 1800. The number of rotatable bonds is 6. The summed E-state index contributed by atoms with van der Waals surface area (Å²) >= 11 is 0. The first-order valence-electron chi connectivity index (χ1n) is 16.0. The van der Waals surface area contributed by atoms with Crippen LogP contribution in [0, 0.1) is 0 Å². The number of carbonyl (C=O) groups excluding carboxylic acids is 2. The highest BCUT2D eigenvalue weighted by Crippen LogP contribution is 2.27. The zero-order chi connectivity index (χ0) is 33.3. The molecule has 0 saturated carbocycles. The lowest BCUT2D eigenvalue weighted by atomic mass is 10.0. The summed E-state index contributed by atoms with van der Waals surface area (Å²) in [5.74, 6) is -0.421. The van der Waals surface area contributed by atoms with Crippen molar-refractivity contribution in [2.24, 2.45) is 0 Å². The molecule has 4 aromatic rings. The molecule has 2 aromatic carbocycles. The highest BCUT2D eigenvalue weighted by Gasteiger charge is 2.36. The van der Waals surface area contributed by atoms with Crippen molar-refractivity contribution >= 4 is 17.7 Å². The third-order valence-corrected chi connectivity index (χ3v) is 8.68. The van der Waals surface area contributed by atoms with E-state index in [1.54, 1.807) is 15.7 Å². The Labute approximate surface area is 274 Å². The van der Waals surface area contributed by atoms with Crippen LogP contribution in [0.2, 0.25) is 0 Å². The van der Waals surface area contributed by atoms with Crippen LogP contribution >= 0.6 is 0 Å². The van der Waals surface area contributed by atoms with E-state index >= 15 is 0 Å².